The van der Waals surface area contributed by atoms with Gasteiger partial charge in [-0.3, -0.25) is 9.48 Å². The number of nitrogens with zero attached hydrogens (tertiary/aromatic N) is 4. The van der Waals surface area contributed by atoms with Crippen LogP contribution < -0.4 is 10.6 Å². The Balaban J connectivity index is 1.59. The maximum atomic E-state index is 12.4. The van der Waals surface area contributed by atoms with Crippen molar-refractivity contribution in [2.75, 3.05) is 18.4 Å². The first kappa shape index (κ1) is 15.7. The van der Waals surface area contributed by atoms with E-state index in [0.29, 0.717) is 5.82 Å². The maximum Gasteiger partial charge on any atom is 0.228 e. The van der Waals surface area contributed by atoms with Crippen LogP contribution in [-0.4, -0.2) is 39.0 Å². The minimum absolute atomic E-state index is 0.0264. The topological polar surface area (TPSA) is 84.7 Å². The number of anilines is 1. The molecule has 4 rings (SSSR count). The van der Waals surface area contributed by atoms with E-state index < -0.39 is 0 Å². The van der Waals surface area contributed by atoms with Gasteiger partial charge in [0.1, 0.15) is 0 Å². The van der Waals surface area contributed by atoms with Gasteiger partial charge in [-0.2, -0.15) is 5.10 Å². The molecule has 2 N–H and O–H groups in total. The molecule has 0 radical (unpaired) electrons. The number of aryl methyl sites for hydroxylation is 1. The SMILES string of the molecule is Cn1cc(-c2ccc3nnc(NC(=O)C4CCNCC4)cc3c2)cn1. The van der Waals surface area contributed by atoms with Crippen LogP contribution in [0.25, 0.3) is 22.0 Å². The van der Waals surface area contributed by atoms with Crippen LogP contribution in [0.15, 0.2) is 36.7 Å². The van der Waals surface area contributed by atoms with Crippen LogP contribution in [0.5, 0.6) is 0 Å². The van der Waals surface area contributed by atoms with Crippen molar-refractivity contribution in [3.63, 3.8) is 0 Å². The van der Waals surface area contributed by atoms with Crippen molar-refractivity contribution in [3.05, 3.63) is 36.7 Å². The molecule has 0 bridgehead atoms. The number of piperidine rings is 1. The molecule has 1 amide bonds. The van der Waals surface area contributed by atoms with Crippen molar-refractivity contribution in [3.8, 4) is 11.1 Å². The molecule has 1 aliphatic rings. The minimum Gasteiger partial charge on any atom is -0.317 e. The first-order valence-corrected chi connectivity index (χ1v) is 8.47. The van der Waals surface area contributed by atoms with E-state index in [-0.39, 0.29) is 11.8 Å². The van der Waals surface area contributed by atoms with Crippen LogP contribution in [0.3, 0.4) is 0 Å². The molecular formula is C18H20N6O. The second-order valence-corrected chi connectivity index (χ2v) is 6.42. The molecule has 25 heavy (non-hydrogen) atoms. The monoisotopic (exact) mass is 336 g/mol. The zero-order chi connectivity index (χ0) is 17.2. The summed E-state index contributed by atoms with van der Waals surface area (Å²) in [4.78, 5) is 12.4. The van der Waals surface area contributed by atoms with Gasteiger partial charge in [0, 0.05) is 30.1 Å². The second-order valence-electron chi connectivity index (χ2n) is 6.42. The molecule has 7 heteroatoms. The van der Waals surface area contributed by atoms with Crippen LogP contribution >= 0.6 is 0 Å². The third kappa shape index (κ3) is 3.36. The van der Waals surface area contributed by atoms with Crippen molar-refractivity contribution < 1.29 is 4.79 Å². The van der Waals surface area contributed by atoms with E-state index in [1.807, 2.05) is 43.7 Å². The molecule has 3 heterocycles. The smallest absolute Gasteiger partial charge is 0.228 e. The number of aromatic nitrogens is 4. The Hall–Kier alpha value is -2.80. The number of hydrogen-bond donors (Lipinski definition) is 2. The lowest BCUT2D eigenvalue weighted by atomic mass is 9.97. The summed E-state index contributed by atoms with van der Waals surface area (Å²) in [5.41, 5.74) is 2.90. The number of rotatable bonds is 3. The Morgan fingerprint density at radius 1 is 1.20 bits per heavy atom. The molecule has 7 nitrogen and oxygen atoms in total. The Bertz CT molecular complexity index is 913. The van der Waals surface area contributed by atoms with Gasteiger partial charge < -0.3 is 10.6 Å². The number of hydrogen-bond acceptors (Lipinski definition) is 5. The lowest BCUT2D eigenvalue weighted by Gasteiger charge is -2.21. The number of fused-ring (bicyclic) bond motifs is 1. The van der Waals surface area contributed by atoms with E-state index in [4.69, 9.17) is 0 Å². The Morgan fingerprint density at radius 3 is 2.80 bits per heavy atom. The zero-order valence-electron chi connectivity index (χ0n) is 14.1. The summed E-state index contributed by atoms with van der Waals surface area (Å²) < 4.78 is 1.77. The normalized spacial score (nSPS) is 15.4. The summed E-state index contributed by atoms with van der Waals surface area (Å²) >= 11 is 0. The molecule has 1 fully saturated rings. The molecule has 3 aromatic rings. The third-order valence-electron chi connectivity index (χ3n) is 4.58. The molecule has 1 aromatic carbocycles. The van der Waals surface area contributed by atoms with Gasteiger partial charge >= 0.3 is 0 Å². The predicted molar refractivity (Wildman–Crippen MR) is 96.0 cm³/mol. The summed E-state index contributed by atoms with van der Waals surface area (Å²) in [6.45, 7) is 1.77. The number of nitrogens with one attached hydrogen (secondary N) is 2. The highest BCUT2D eigenvalue weighted by molar-refractivity contribution is 5.94. The van der Waals surface area contributed by atoms with Crippen molar-refractivity contribution in [1.82, 2.24) is 25.3 Å². The van der Waals surface area contributed by atoms with Crippen LogP contribution in [0.4, 0.5) is 5.82 Å². The fourth-order valence-electron chi connectivity index (χ4n) is 3.17. The summed E-state index contributed by atoms with van der Waals surface area (Å²) in [6, 6.07) is 7.85. The molecule has 0 unspecified atom stereocenters. The highest BCUT2D eigenvalue weighted by atomic mass is 16.2. The number of amides is 1. The first-order chi connectivity index (χ1) is 12.2. The first-order valence-electron chi connectivity index (χ1n) is 8.47. The molecule has 0 saturated carbocycles. The van der Waals surface area contributed by atoms with Crippen molar-refractivity contribution in [2.24, 2.45) is 13.0 Å². The van der Waals surface area contributed by atoms with E-state index in [1.165, 1.54) is 0 Å². The van der Waals surface area contributed by atoms with E-state index in [2.05, 4.69) is 25.9 Å². The Morgan fingerprint density at radius 2 is 2.04 bits per heavy atom. The van der Waals surface area contributed by atoms with E-state index in [1.54, 1.807) is 4.68 Å². The average molecular weight is 336 g/mol. The van der Waals surface area contributed by atoms with Crippen molar-refractivity contribution in [2.45, 2.75) is 12.8 Å². The molecule has 128 valence electrons. The highest BCUT2D eigenvalue weighted by Crippen LogP contribution is 2.24. The zero-order valence-corrected chi connectivity index (χ0v) is 14.1. The molecular weight excluding hydrogens is 316 g/mol. The lowest BCUT2D eigenvalue weighted by molar-refractivity contribution is -0.120. The van der Waals surface area contributed by atoms with Gasteiger partial charge in [0.25, 0.3) is 0 Å². The summed E-state index contributed by atoms with van der Waals surface area (Å²) in [5, 5.41) is 19.7. The van der Waals surface area contributed by atoms with Gasteiger partial charge in [0.15, 0.2) is 5.82 Å². The van der Waals surface area contributed by atoms with Gasteiger partial charge in [-0.1, -0.05) is 6.07 Å². The fourth-order valence-corrected chi connectivity index (χ4v) is 3.17. The van der Waals surface area contributed by atoms with Gasteiger partial charge in [0.2, 0.25) is 5.91 Å². The van der Waals surface area contributed by atoms with Gasteiger partial charge in [0.05, 0.1) is 11.7 Å². The van der Waals surface area contributed by atoms with Crippen LogP contribution in [0, 0.1) is 5.92 Å². The summed E-state index contributed by atoms with van der Waals surface area (Å²) in [7, 11) is 1.89. The molecule has 0 spiro atoms. The van der Waals surface area contributed by atoms with Gasteiger partial charge in [-0.15, -0.1) is 10.2 Å². The predicted octanol–water partition coefficient (Wildman–Crippen LogP) is 1.97. The lowest BCUT2D eigenvalue weighted by Crippen LogP contribution is -2.34. The van der Waals surface area contributed by atoms with E-state index >= 15 is 0 Å². The molecule has 1 saturated heterocycles. The van der Waals surface area contributed by atoms with Crippen molar-refractivity contribution in [1.29, 1.82) is 0 Å². The van der Waals surface area contributed by atoms with Gasteiger partial charge in [-0.25, -0.2) is 0 Å². The second kappa shape index (κ2) is 6.60. The van der Waals surface area contributed by atoms with Crippen LogP contribution in [0.2, 0.25) is 0 Å². The van der Waals surface area contributed by atoms with Crippen LogP contribution in [0.1, 0.15) is 12.8 Å². The van der Waals surface area contributed by atoms with Gasteiger partial charge in [-0.05, 0) is 49.7 Å². The number of benzene rings is 1. The Kier molecular flexibility index (Phi) is 4.15. The molecule has 2 aromatic heterocycles. The number of carbonyl (C=O) groups excluding carboxylic acids is 1. The quantitative estimate of drug-likeness (QED) is 0.764. The molecule has 0 atom stereocenters. The maximum absolute atomic E-state index is 12.4. The third-order valence-corrected chi connectivity index (χ3v) is 4.58. The van der Waals surface area contributed by atoms with Crippen LogP contribution in [-0.2, 0) is 11.8 Å². The van der Waals surface area contributed by atoms with E-state index in [9.17, 15) is 4.79 Å². The summed E-state index contributed by atoms with van der Waals surface area (Å²) in [6.07, 6.45) is 5.52. The summed E-state index contributed by atoms with van der Waals surface area (Å²) in [5.74, 6) is 0.568. The number of carbonyl (C=O) groups is 1. The molecule has 1 aliphatic heterocycles. The standard InChI is InChI=1S/C18H20N6O/c1-24-11-15(10-20-24)13-2-3-16-14(8-13)9-17(23-22-16)21-18(25)12-4-6-19-7-5-12/h2-3,8-12,19H,4-7H2,1H3,(H,21,23,25). The minimum atomic E-state index is 0.0264. The van der Waals surface area contributed by atoms with E-state index in [0.717, 1.165) is 48.0 Å². The Labute approximate surface area is 145 Å². The largest absolute Gasteiger partial charge is 0.317 e. The fraction of sp³-hybridized carbons (Fsp3) is 0.333. The average Bonchev–Trinajstić information content (AvgIpc) is 3.08. The highest BCUT2D eigenvalue weighted by Gasteiger charge is 2.21. The molecule has 0 aliphatic carbocycles. The van der Waals surface area contributed by atoms with Crippen molar-refractivity contribution >= 4 is 22.6 Å².